The molecule has 0 unspecified atom stereocenters. The molecule has 19 heavy (non-hydrogen) atoms. The van der Waals surface area contributed by atoms with E-state index in [1.54, 1.807) is 26.4 Å². The van der Waals surface area contributed by atoms with E-state index in [2.05, 4.69) is 0 Å². The van der Waals surface area contributed by atoms with E-state index in [-0.39, 0.29) is 5.75 Å². The molecule has 0 heterocycles. The Labute approximate surface area is 111 Å². The molecule has 2 aromatic carbocycles. The first kappa shape index (κ1) is 13.1. The Morgan fingerprint density at radius 1 is 0.737 bits per heavy atom. The van der Waals surface area contributed by atoms with E-state index in [1.165, 1.54) is 20.3 Å². The SMILES string of the molecule is COc1ccc(OC)c2c(OC)c(O)cc(OC)c12. The molecule has 0 saturated carbocycles. The first-order valence-corrected chi connectivity index (χ1v) is 5.66. The molecule has 0 radical (unpaired) electrons. The van der Waals surface area contributed by atoms with Crippen LogP contribution in [-0.2, 0) is 0 Å². The lowest BCUT2D eigenvalue weighted by Crippen LogP contribution is -1.96. The predicted molar refractivity (Wildman–Crippen MR) is 71.8 cm³/mol. The van der Waals surface area contributed by atoms with E-state index >= 15 is 0 Å². The molecule has 0 aromatic heterocycles. The lowest BCUT2D eigenvalue weighted by atomic mass is 10.1. The van der Waals surface area contributed by atoms with Crippen LogP contribution in [0.15, 0.2) is 18.2 Å². The van der Waals surface area contributed by atoms with Gasteiger partial charge in [0.05, 0.1) is 39.2 Å². The first-order chi connectivity index (χ1) is 9.17. The molecule has 0 aliphatic heterocycles. The summed E-state index contributed by atoms with van der Waals surface area (Å²) in [7, 11) is 6.14. The first-order valence-electron chi connectivity index (χ1n) is 5.66. The molecule has 1 N–H and O–H groups in total. The molecule has 2 aromatic rings. The van der Waals surface area contributed by atoms with Gasteiger partial charge in [0.25, 0.3) is 0 Å². The Morgan fingerprint density at radius 3 is 1.74 bits per heavy atom. The van der Waals surface area contributed by atoms with Crippen molar-refractivity contribution in [1.29, 1.82) is 0 Å². The average molecular weight is 264 g/mol. The topological polar surface area (TPSA) is 57.2 Å². The van der Waals surface area contributed by atoms with Crippen LogP contribution in [-0.4, -0.2) is 33.5 Å². The third-order valence-corrected chi connectivity index (χ3v) is 2.97. The zero-order valence-electron chi connectivity index (χ0n) is 11.3. The molecule has 0 spiro atoms. The molecule has 0 aliphatic rings. The average Bonchev–Trinajstić information content (AvgIpc) is 2.45. The van der Waals surface area contributed by atoms with Crippen molar-refractivity contribution in [2.75, 3.05) is 28.4 Å². The smallest absolute Gasteiger partial charge is 0.172 e. The number of phenols is 1. The summed E-state index contributed by atoms with van der Waals surface area (Å²) < 4.78 is 21.2. The van der Waals surface area contributed by atoms with E-state index in [1.807, 2.05) is 0 Å². The number of aromatic hydroxyl groups is 1. The molecule has 0 saturated heterocycles. The maximum absolute atomic E-state index is 10.0. The minimum Gasteiger partial charge on any atom is -0.504 e. The number of hydrogen-bond acceptors (Lipinski definition) is 5. The second-order valence-corrected chi connectivity index (χ2v) is 3.85. The van der Waals surface area contributed by atoms with Gasteiger partial charge in [0, 0.05) is 6.07 Å². The predicted octanol–water partition coefficient (Wildman–Crippen LogP) is 2.58. The fourth-order valence-electron chi connectivity index (χ4n) is 2.13. The van der Waals surface area contributed by atoms with Gasteiger partial charge < -0.3 is 24.1 Å². The molecule has 0 fully saturated rings. The molecule has 102 valence electrons. The number of ether oxygens (including phenoxy) is 4. The van der Waals surface area contributed by atoms with E-state index in [0.29, 0.717) is 33.8 Å². The summed E-state index contributed by atoms with van der Waals surface area (Å²) in [6, 6.07) is 5.02. The van der Waals surface area contributed by atoms with Gasteiger partial charge in [0.15, 0.2) is 11.5 Å². The largest absolute Gasteiger partial charge is 0.504 e. The van der Waals surface area contributed by atoms with E-state index in [0.717, 1.165) is 0 Å². The molecule has 2 rings (SSSR count). The number of rotatable bonds is 4. The summed E-state index contributed by atoms with van der Waals surface area (Å²) in [6.45, 7) is 0. The van der Waals surface area contributed by atoms with Crippen molar-refractivity contribution in [3.63, 3.8) is 0 Å². The van der Waals surface area contributed by atoms with E-state index in [4.69, 9.17) is 18.9 Å². The molecule has 0 amide bonds. The van der Waals surface area contributed by atoms with Crippen molar-refractivity contribution in [2.24, 2.45) is 0 Å². The normalized spacial score (nSPS) is 10.3. The summed E-state index contributed by atoms with van der Waals surface area (Å²) >= 11 is 0. The zero-order chi connectivity index (χ0) is 14.0. The third-order valence-electron chi connectivity index (χ3n) is 2.97. The van der Waals surface area contributed by atoms with Crippen LogP contribution < -0.4 is 18.9 Å². The maximum atomic E-state index is 10.0. The minimum absolute atomic E-state index is 0.0154. The van der Waals surface area contributed by atoms with Gasteiger partial charge in [-0.15, -0.1) is 0 Å². The molecular formula is C14H16O5. The fourth-order valence-corrected chi connectivity index (χ4v) is 2.13. The van der Waals surface area contributed by atoms with Crippen molar-refractivity contribution in [1.82, 2.24) is 0 Å². The standard InChI is InChI=1S/C14H16O5/c1-16-9-5-6-10(17-2)13-12(9)11(18-3)7-8(15)14(13)19-4/h5-7,15H,1-4H3. The third kappa shape index (κ3) is 1.97. The van der Waals surface area contributed by atoms with E-state index < -0.39 is 0 Å². The van der Waals surface area contributed by atoms with Gasteiger partial charge in [-0.05, 0) is 12.1 Å². The van der Waals surface area contributed by atoms with Crippen LogP contribution in [0.1, 0.15) is 0 Å². The van der Waals surface area contributed by atoms with Crippen LogP contribution in [0.2, 0.25) is 0 Å². The van der Waals surface area contributed by atoms with Gasteiger partial charge in [-0.3, -0.25) is 0 Å². The molecule has 0 aliphatic carbocycles. The molecular weight excluding hydrogens is 248 g/mol. The van der Waals surface area contributed by atoms with Crippen LogP contribution in [0.5, 0.6) is 28.7 Å². The Morgan fingerprint density at radius 2 is 1.26 bits per heavy atom. The van der Waals surface area contributed by atoms with Crippen molar-refractivity contribution in [3.8, 4) is 28.7 Å². The van der Waals surface area contributed by atoms with Gasteiger partial charge in [-0.2, -0.15) is 0 Å². The van der Waals surface area contributed by atoms with Gasteiger partial charge in [-0.25, -0.2) is 0 Å². The lowest BCUT2D eigenvalue weighted by Gasteiger charge is -2.16. The summed E-state index contributed by atoms with van der Waals surface area (Å²) in [5, 5.41) is 11.3. The molecule has 5 nitrogen and oxygen atoms in total. The van der Waals surface area contributed by atoms with Crippen molar-refractivity contribution in [2.45, 2.75) is 0 Å². The fraction of sp³-hybridized carbons (Fsp3) is 0.286. The van der Waals surface area contributed by atoms with Gasteiger partial charge >= 0.3 is 0 Å². The van der Waals surface area contributed by atoms with Gasteiger partial charge in [0.1, 0.15) is 17.2 Å². The quantitative estimate of drug-likeness (QED) is 0.919. The summed E-state index contributed by atoms with van der Waals surface area (Å²) in [5.41, 5.74) is 0. The summed E-state index contributed by atoms with van der Waals surface area (Å²) in [6.07, 6.45) is 0. The minimum atomic E-state index is -0.0154. The Bertz CT molecular complexity index is 607. The highest BCUT2D eigenvalue weighted by Gasteiger charge is 2.20. The van der Waals surface area contributed by atoms with Crippen molar-refractivity contribution < 1.29 is 24.1 Å². The van der Waals surface area contributed by atoms with Crippen LogP contribution >= 0.6 is 0 Å². The number of methoxy groups -OCH3 is 4. The summed E-state index contributed by atoms with van der Waals surface area (Å²) in [4.78, 5) is 0. The summed E-state index contributed by atoms with van der Waals surface area (Å²) in [5.74, 6) is 1.99. The lowest BCUT2D eigenvalue weighted by molar-refractivity contribution is 0.366. The van der Waals surface area contributed by atoms with Gasteiger partial charge in [0.2, 0.25) is 0 Å². The molecule has 0 atom stereocenters. The van der Waals surface area contributed by atoms with Crippen LogP contribution in [0, 0.1) is 0 Å². The monoisotopic (exact) mass is 264 g/mol. The Hall–Kier alpha value is -2.30. The number of benzene rings is 2. The van der Waals surface area contributed by atoms with Crippen LogP contribution in [0.25, 0.3) is 10.8 Å². The highest BCUT2D eigenvalue weighted by Crippen LogP contribution is 2.48. The molecule has 5 heteroatoms. The van der Waals surface area contributed by atoms with Crippen LogP contribution in [0.3, 0.4) is 0 Å². The Balaban J connectivity index is 3.00. The van der Waals surface area contributed by atoms with E-state index in [9.17, 15) is 5.11 Å². The number of phenolic OH excluding ortho intramolecular Hbond substituents is 1. The number of fused-ring (bicyclic) bond motifs is 1. The second kappa shape index (κ2) is 5.14. The molecule has 0 bridgehead atoms. The highest BCUT2D eigenvalue weighted by atomic mass is 16.5. The zero-order valence-corrected chi connectivity index (χ0v) is 11.3. The van der Waals surface area contributed by atoms with Crippen LogP contribution in [0.4, 0.5) is 0 Å². The second-order valence-electron chi connectivity index (χ2n) is 3.85. The van der Waals surface area contributed by atoms with Crippen molar-refractivity contribution in [3.05, 3.63) is 18.2 Å². The number of hydrogen-bond donors (Lipinski definition) is 1. The van der Waals surface area contributed by atoms with Crippen molar-refractivity contribution >= 4 is 10.8 Å². The maximum Gasteiger partial charge on any atom is 0.172 e. The highest BCUT2D eigenvalue weighted by molar-refractivity contribution is 6.03. The van der Waals surface area contributed by atoms with Gasteiger partial charge in [-0.1, -0.05) is 0 Å². The Kier molecular flexibility index (Phi) is 3.55.